The van der Waals surface area contributed by atoms with E-state index in [2.05, 4.69) is 0 Å². The van der Waals surface area contributed by atoms with Gasteiger partial charge in [0.1, 0.15) is 0 Å². The Balaban J connectivity index is 2.70. The average molecular weight is 248 g/mol. The Hall–Kier alpha value is -1.64. The van der Waals surface area contributed by atoms with Crippen LogP contribution in [0, 0.1) is 5.92 Å². The molecule has 0 heterocycles. The van der Waals surface area contributed by atoms with Crippen molar-refractivity contribution in [1.29, 1.82) is 0 Å². The van der Waals surface area contributed by atoms with Gasteiger partial charge in [0.2, 0.25) is 0 Å². The summed E-state index contributed by atoms with van der Waals surface area (Å²) in [5, 5.41) is 0. The lowest BCUT2D eigenvalue weighted by Crippen LogP contribution is -2.09. The zero-order chi connectivity index (χ0) is 13.7. The summed E-state index contributed by atoms with van der Waals surface area (Å²) < 4.78 is 4.97. The topological polar surface area (TPSA) is 43.4 Å². The lowest BCUT2D eigenvalue weighted by Gasteiger charge is -2.12. The number of hydrogen-bond acceptors (Lipinski definition) is 3. The van der Waals surface area contributed by atoms with E-state index in [1.54, 1.807) is 0 Å². The van der Waals surface area contributed by atoms with Gasteiger partial charge in [0.25, 0.3) is 0 Å². The molecule has 1 unspecified atom stereocenters. The highest BCUT2D eigenvalue weighted by Crippen LogP contribution is 2.17. The van der Waals surface area contributed by atoms with Crippen LogP contribution in [0.5, 0.6) is 0 Å². The minimum atomic E-state index is -0.270. The molecule has 3 nitrogen and oxygen atoms in total. The second kappa shape index (κ2) is 6.34. The largest absolute Gasteiger partial charge is 0.465 e. The summed E-state index contributed by atoms with van der Waals surface area (Å²) in [5.74, 6) is 0.0223. The summed E-state index contributed by atoms with van der Waals surface area (Å²) in [6.45, 7) is 7.53. The average Bonchev–Trinajstić information content (AvgIpc) is 2.35. The molecular formula is C15H20O3. The van der Waals surface area contributed by atoms with Gasteiger partial charge in [-0.15, -0.1) is 0 Å². The number of rotatable bonds is 5. The molecule has 0 amide bonds. The van der Waals surface area contributed by atoms with Crippen molar-refractivity contribution in [3.63, 3.8) is 0 Å². The number of ether oxygens (including phenoxy) is 1. The number of Topliss-reactive ketones (excluding diaryl/α,β-unsaturated/α-hetero) is 1. The second-order valence-electron chi connectivity index (χ2n) is 4.84. The Morgan fingerprint density at radius 3 is 2.11 bits per heavy atom. The summed E-state index contributed by atoms with van der Waals surface area (Å²) >= 11 is 0. The maximum Gasteiger partial charge on any atom is 0.302 e. The zero-order valence-electron chi connectivity index (χ0n) is 11.4. The third-order valence-corrected chi connectivity index (χ3v) is 2.83. The fourth-order valence-electron chi connectivity index (χ4n) is 1.65. The van der Waals surface area contributed by atoms with Gasteiger partial charge in [-0.3, -0.25) is 9.59 Å². The Bertz CT molecular complexity index is 418. The minimum Gasteiger partial charge on any atom is -0.465 e. The first-order valence-electron chi connectivity index (χ1n) is 6.19. The van der Waals surface area contributed by atoms with E-state index in [-0.39, 0.29) is 23.6 Å². The third-order valence-electron chi connectivity index (χ3n) is 2.83. The molecule has 1 aromatic carbocycles. The summed E-state index contributed by atoms with van der Waals surface area (Å²) in [5.41, 5.74) is 1.80. The fourth-order valence-corrected chi connectivity index (χ4v) is 1.65. The molecule has 0 fully saturated rings. The van der Waals surface area contributed by atoms with Crippen LogP contribution in [0.2, 0.25) is 0 Å². The van der Waals surface area contributed by atoms with E-state index in [1.807, 2.05) is 45.0 Å². The molecule has 0 aliphatic heterocycles. The predicted molar refractivity (Wildman–Crippen MR) is 70.7 cm³/mol. The van der Waals surface area contributed by atoms with Crippen LogP contribution in [-0.4, -0.2) is 18.4 Å². The Morgan fingerprint density at radius 2 is 1.67 bits per heavy atom. The molecule has 3 heteroatoms. The van der Waals surface area contributed by atoms with Gasteiger partial charge in [-0.1, -0.05) is 45.0 Å². The van der Waals surface area contributed by atoms with Crippen molar-refractivity contribution in [3.8, 4) is 0 Å². The first-order chi connectivity index (χ1) is 8.41. The van der Waals surface area contributed by atoms with Gasteiger partial charge in [0.15, 0.2) is 5.78 Å². The van der Waals surface area contributed by atoms with Gasteiger partial charge in [-0.2, -0.15) is 0 Å². The molecule has 1 rings (SSSR count). The zero-order valence-corrected chi connectivity index (χ0v) is 11.4. The van der Waals surface area contributed by atoms with Gasteiger partial charge in [0, 0.05) is 24.3 Å². The maximum atomic E-state index is 11.8. The first-order valence-corrected chi connectivity index (χ1v) is 6.19. The van der Waals surface area contributed by atoms with Crippen molar-refractivity contribution >= 4 is 11.8 Å². The van der Waals surface area contributed by atoms with Crippen LogP contribution in [-0.2, 0) is 9.53 Å². The minimum absolute atomic E-state index is 0.00863. The molecule has 0 aliphatic rings. The van der Waals surface area contributed by atoms with Gasteiger partial charge in [-0.05, 0) is 5.56 Å². The summed E-state index contributed by atoms with van der Waals surface area (Å²) in [4.78, 5) is 22.5. The van der Waals surface area contributed by atoms with Crippen molar-refractivity contribution in [2.24, 2.45) is 5.92 Å². The van der Waals surface area contributed by atoms with Crippen molar-refractivity contribution in [3.05, 3.63) is 35.4 Å². The molecule has 0 aromatic heterocycles. The number of carbonyl (C=O) groups excluding carboxylic acids is 2. The van der Waals surface area contributed by atoms with Crippen molar-refractivity contribution < 1.29 is 14.3 Å². The number of ketones is 1. The first kappa shape index (κ1) is 14.4. The molecule has 18 heavy (non-hydrogen) atoms. The van der Waals surface area contributed by atoms with E-state index in [0.717, 1.165) is 11.1 Å². The molecule has 0 bridgehead atoms. The number of hydrogen-bond donors (Lipinski definition) is 0. The van der Waals surface area contributed by atoms with Crippen LogP contribution < -0.4 is 0 Å². The highest BCUT2D eigenvalue weighted by atomic mass is 16.5. The normalized spacial score (nSPS) is 12.3. The Kier molecular flexibility index (Phi) is 5.08. The van der Waals surface area contributed by atoms with Crippen LogP contribution in [0.4, 0.5) is 0 Å². The van der Waals surface area contributed by atoms with E-state index >= 15 is 0 Å². The molecule has 0 saturated carbocycles. The van der Waals surface area contributed by atoms with Crippen LogP contribution in [0.1, 0.15) is 49.5 Å². The molecule has 0 N–H and O–H groups in total. The molecule has 0 radical (unpaired) electrons. The van der Waals surface area contributed by atoms with Crippen molar-refractivity contribution in [1.82, 2.24) is 0 Å². The van der Waals surface area contributed by atoms with E-state index in [4.69, 9.17) is 4.74 Å². The van der Waals surface area contributed by atoms with Gasteiger partial charge in [0.05, 0.1) is 6.61 Å². The number of carbonyl (C=O) groups is 2. The third kappa shape index (κ3) is 3.99. The van der Waals surface area contributed by atoms with Gasteiger partial charge >= 0.3 is 5.97 Å². The number of benzene rings is 1. The molecule has 0 spiro atoms. The second-order valence-corrected chi connectivity index (χ2v) is 4.84. The maximum absolute atomic E-state index is 11.8. The fraction of sp³-hybridized carbons (Fsp3) is 0.467. The molecule has 1 aromatic rings. The molecule has 98 valence electrons. The quantitative estimate of drug-likeness (QED) is 0.593. The van der Waals surface area contributed by atoms with E-state index in [9.17, 15) is 9.59 Å². The lowest BCUT2D eigenvalue weighted by atomic mass is 9.96. The van der Waals surface area contributed by atoms with Crippen LogP contribution >= 0.6 is 0 Å². The van der Waals surface area contributed by atoms with E-state index in [1.165, 1.54) is 6.92 Å². The van der Waals surface area contributed by atoms with Crippen molar-refractivity contribution in [2.45, 2.75) is 33.6 Å². The number of esters is 1. The molecule has 0 saturated heterocycles. The van der Waals surface area contributed by atoms with E-state index < -0.39 is 0 Å². The highest BCUT2D eigenvalue weighted by Gasteiger charge is 2.12. The summed E-state index contributed by atoms with van der Waals surface area (Å²) in [7, 11) is 0. The van der Waals surface area contributed by atoms with Crippen molar-refractivity contribution in [2.75, 3.05) is 6.61 Å². The van der Waals surface area contributed by atoms with E-state index in [0.29, 0.717) is 6.61 Å². The highest BCUT2D eigenvalue weighted by molar-refractivity contribution is 5.97. The van der Waals surface area contributed by atoms with Gasteiger partial charge < -0.3 is 4.74 Å². The van der Waals surface area contributed by atoms with Crippen LogP contribution in [0.3, 0.4) is 0 Å². The summed E-state index contributed by atoms with van der Waals surface area (Å²) in [6.07, 6.45) is 0. The lowest BCUT2D eigenvalue weighted by molar-refractivity contribution is -0.141. The molecule has 1 atom stereocenters. The SMILES string of the molecule is CC(=O)OCC(C)c1ccc(C(=O)C(C)C)cc1. The van der Waals surface area contributed by atoms with Crippen LogP contribution in [0.25, 0.3) is 0 Å². The predicted octanol–water partition coefficient (Wildman–Crippen LogP) is 3.19. The summed E-state index contributed by atoms with van der Waals surface area (Å²) in [6, 6.07) is 7.51. The van der Waals surface area contributed by atoms with Gasteiger partial charge in [-0.25, -0.2) is 0 Å². The molecule has 0 aliphatic carbocycles. The Labute approximate surface area is 108 Å². The van der Waals surface area contributed by atoms with Crippen LogP contribution in [0.15, 0.2) is 24.3 Å². The Morgan fingerprint density at radius 1 is 1.11 bits per heavy atom. The molecular weight excluding hydrogens is 228 g/mol. The smallest absolute Gasteiger partial charge is 0.302 e. The standard InChI is InChI=1S/C15H20O3/c1-10(2)15(17)14-7-5-13(6-8-14)11(3)9-18-12(4)16/h5-8,10-11H,9H2,1-4H3. The monoisotopic (exact) mass is 248 g/mol.